The van der Waals surface area contributed by atoms with E-state index in [4.69, 9.17) is 14.2 Å². The summed E-state index contributed by atoms with van der Waals surface area (Å²) in [5, 5.41) is 1.05. The van der Waals surface area contributed by atoms with Gasteiger partial charge in [0.15, 0.2) is 17.0 Å². The normalized spacial score (nSPS) is 20.1. The van der Waals surface area contributed by atoms with Crippen LogP contribution >= 0.6 is 0 Å². The summed E-state index contributed by atoms with van der Waals surface area (Å²) in [6.45, 7) is 6.73. The Morgan fingerprint density at radius 3 is 2.45 bits per heavy atom. The maximum absolute atomic E-state index is 14.3. The van der Waals surface area contributed by atoms with Gasteiger partial charge in [-0.25, -0.2) is 0 Å². The number of rotatable bonds is 8. The second-order valence-electron chi connectivity index (χ2n) is 11.5. The third-order valence-corrected chi connectivity index (χ3v) is 8.60. The lowest BCUT2D eigenvalue weighted by molar-refractivity contribution is -0.166. The number of carbonyl (C=O) groups is 2. The molecule has 0 saturated carbocycles. The van der Waals surface area contributed by atoms with Crippen LogP contribution < -0.4 is 14.2 Å². The predicted octanol–water partition coefficient (Wildman–Crippen LogP) is 5.25. The van der Waals surface area contributed by atoms with Crippen molar-refractivity contribution in [1.82, 2.24) is 14.8 Å². The number of ether oxygens (including phenoxy) is 3. The van der Waals surface area contributed by atoms with Gasteiger partial charge >= 0.3 is 0 Å². The quantitative estimate of drug-likeness (QED) is 0.315. The zero-order valence-electron chi connectivity index (χ0n) is 24.8. The van der Waals surface area contributed by atoms with E-state index in [1.54, 1.807) is 24.0 Å². The second-order valence-corrected chi connectivity index (χ2v) is 11.5. The number of H-pyrrole nitrogens is 1. The van der Waals surface area contributed by atoms with Crippen LogP contribution in [0, 0.1) is 0 Å². The molecular weight excluding hydrogens is 530 g/mol. The second kappa shape index (κ2) is 10.7. The number of para-hydroxylation sites is 1. The van der Waals surface area contributed by atoms with E-state index < -0.39 is 5.54 Å². The van der Waals surface area contributed by atoms with E-state index in [0.29, 0.717) is 31.0 Å². The molecule has 2 atom stereocenters. The van der Waals surface area contributed by atoms with Crippen LogP contribution in [0.4, 0.5) is 0 Å². The summed E-state index contributed by atoms with van der Waals surface area (Å²) in [4.78, 5) is 35.2. The van der Waals surface area contributed by atoms with Crippen LogP contribution in [-0.2, 0) is 21.5 Å². The van der Waals surface area contributed by atoms with Gasteiger partial charge in [-0.05, 0) is 74.2 Å². The first-order chi connectivity index (χ1) is 20.2. The number of aromatic amines is 1. The van der Waals surface area contributed by atoms with Crippen LogP contribution in [0.3, 0.4) is 0 Å². The number of piperazine rings is 1. The lowest BCUT2D eigenvalue weighted by atomic mass is 9.76. The fourth-order valence-corrected chi connectivity index (χ4v) is 6.46. The fraction of sp³-hybridized carbons (Fsp3) is 0.353. The molecule has 42 heavy (non-hydrogen) atoms. The minimum atomic E-state index is -1.15. The van der Waals surface area contributed by atoms with Crippen molar-refractivity contribution in [1.29, 1.82) is 0 Å². The van der Waals surface area contributed by atoms with E-state index in [0.717, 1.165) is 39.0 Å². The maximum atomic E-state index is 14.3. The Bertz CT molecular complexity index is 1640. The standard InChI is InChI=1S/C34H37N3O5/c1-21(2)42-28-15-12-23(18-29(28)41-5)26-19-37-30(38)20-36(17-16-22-10-13-24(40-4)14-11-22)33(39)34(37,3)32-31(26)25-8-6-7-9-27(25)35-32/h6-15,18,21,26,35H,16-17,19-20H2,1-5H3/t26-,34+/m1/s1. The zero-order valence-corrected chi connectivity index (χ0v) is 24.8. The molecule has 0 bridgehead atoms. The Morgan fingerprint density at radius 1 is 0.976 bits per heavy atom. The van der Waals surface area contributed by atoms with Crippen molar-refractivity contribution in [2.75, 3.05) is 33.9 Å². The highest BCUT2D eigenvalue weighted by Gasteiger charge is 2.56. The van der Waals surface area contributed by atoms with Crippen molar-refractivity contribution >= 4 is 22.7 Å². The molecule has 1 N–H and O–H groups in total. The fourth-order valence-electron chi connectivity index (χ4n) is 6.46. The molecule has 4 aromatic rings. The third-order valence-electron chi connectivity index (χ3n) is 8.60. The smallest absolute Gasteiger partial charge is 0.254 e. The minimum Gasteiger partial charge on any atom is -0.497 e. The van der Waals surface area contributed by atoms with E-state index in [9.17, 15) is 9.59 Å². The summed E-state index contributed by atoms with van der Waals surface area (Å²) in [6, 6.07) is 21.9. The van der Waals surface area contributed by atoms with Gasteiger partial charge in [0.05, 0.1) is 32.6 Å². The number of hydrogen-bond acceptors (Lipinski definition) is 5. The Morgan fingerprint density at radius 2 is 1.74 bits per heavy atom. The third kappa shape index (κ3) is 4.55. The highest BCUT2D eigenvalue weighted by molar-refractivity contribution is 6.01. The highest BCUT2D eigenvalue weighted by Crippen LogP contribution is 2.49. The number of methoxy groups -OCH3 is 2. The van der Waals surface area contributed by atoms with Gasteiger partial charge in [-0.15, -0.1) is 0 Å². The number of nitrogens with one attached hydrogen (secondary N) is 1. The molecule has 218 valence electrons. The molecule has 3 aromatic carbocycles. The van der Waals surface area contributed by atoms with Crippen LogP contribution in [-0.4, -0.2) is 66.6 Å². The summed E-state index contributed by atoms with van der Waals surface area (Å²) in [7, 11) is 3.27. The summed E-state index contributed by atoms with van der Waals surface area (Å²) < 4.78 is 16.9. The molecule has 0 aliphatic carbocycles. The van der Waals surface area contributed by atoms with Crippen molar-refractivity contribution in [3.63, 3.8) is 0 Å². The Balaban J connectivity index is 1.40. The topological polar surface area (TPSA) is 84.1 Å². The highest BCUT2D eigenvalue weighted by atomic mass is 16.5. The number of hydrogen-bond donors (Lipinski definition) is 1. The van der Waals surface area contributed by atoms with Gasteiger partial charge in [0.1, 0.15) is 5.75 Å². The summed E-state index contributed by atoms with van der Waals surface area (Å²) >= 11 is 0. The molecule has 8 nitrogen and oxygen atoms in total. The van der Waals surface area contributed by atoms with Crippen molar-refractivity contribution in [3.8, 4) is 17.2 Å². The van der Waals surface area contributed by atoms with E-state index in [1.165, 1.54) is 0 Å². The number of fused-ring (bicyclic) bond motifs is 5. The van der Waals surface area contributed by atoms with Gasteiger partial charge in [0.25, 0.3) is 5.91 Å². The molecule has 2 aliphatic heterocycles. The van der Waals surface area contributed by atoms with Gasteiger partial charge in [0.2, 0.25) is 5.91 Å². The molecule has 0 unspecified atom stereocenters. The molecule has 6 rings (SSSR count). The van der Waals surface area contributed by atoms with E-state index in [1.807, 2.05) is 81.4 Å². The zero-order chi connectivity index (χ0) is 29.6. The molecule has 3 heterocycles. The number of aromatic nitrogens is 1. The first kappa shape index (κ1) is 27.7. The number of nitrogens with zero attached hydrogens (tertiary/aromatic N) is 2. The SMILES string of the molecule is COc1ccc(CCN2CC(=O)N3C[C@H](c4ccc(OC(C)C)c(OC)c4)c4c([nH]c5ccccc45)[C@@]3(C)C2=O)cc1. The van der Waals surface area contributed by atoms with Gasteiger partial charge in [-0.1, -0.05) is 36.4 Å². The van der Waals surface area contributed by atoms with Crippen molar-refractivity contribution in [2.45, 2.75) is 44.8 Å². The van der Waals surface area contributed by atoms with E-state index >= 15 is 0 Å². The monoisotopic (exact) mass is 567 g/mol. The number of benzene rings is 3. The van der Waals surface area contributed by atoms with Crippen molar-refractivity contribution in [2.24, 2.45) is 0 Å². The average molecular weight is 568 g/mol. The molecular formula is C34H37N3O5. The first-order valence-corrected chi connectivity index (χ1v) is 14.4. The van der Waals surface area contributed by atoms with E-state index in [-0.39, 0.29) is 30.4 Å². The number of carbonyl (C=O) groups excluding carboxylic acids is 2. The lowest BCUT2D eigenvalue weighted by Gasteiger charge is -2.51. The van der Waals surface area contributed by atoms with Crippen LogP contribution in [0.25, 0.3) is 10.9 Å². The largest absolute Gasteiger partial charge is 0.497 e. The summed E-state index contributed by atoms with van der Waals surface area (Å²) in [5.74, 6) is 1.81. The van der Waals surface area contributed by atoms with Gasteiger partial charge in [-0.2, -0.15) is 0 Å². The number of amides is 2. The van der Waals surface area contributed by atoms with Gasteiger partial charge in [-0.3, -0.25) is 9.59 Å². The molecule has 2 aliphatic rings. The van der Waals surface area contributed by atoms with Crippen LogP contribution in [0.1, 0.15) is 49.1 Å². The van der Waals surface area contributed by atoms with Gasteiger partial charge < -0.3 is 29.0 Å². The predicted molar refractivity (Wildman–Crippen MR) is 161 cm³/mol. The van der Waals surface area contributed by atoms with Gasteiger partial charge in [0, 0.05) is 29.9 Å². The summed E-state index contributed by atoms with van der Waals surface area (Å²) in [6.07, 6.45) is 0.649. The molecule has 2 amide bonds. The molecule has 1 saturated heterocycles. The molecule has 0 spiro atoms. The Labute approximate surface area is 246 Å². The van der Waals surface area contributed by atoms with Crippen LogP contribution in [0.15, 0.2) is 66.7 Å². The summed E-state index contributed by atoms with van der Waals surface area (Å²) in [5.41, 5.74) is 3.69. The molecule has 1 aromatic heterocycles. The van der Waals surface area contributed by atoms with Crippen LogP contribution in [0.2, 0.25) is 0 Å². The molecule has 8 heteroatoms. The average Bonchev–Trinajstić information content (AvgIpc) is 3.39. The first-order valence-electron chi connectivity index (χ1n) is 14.4. The molecule has 1 fully saturated rings. The lowest BCUT2D eigenvalue weighted by Crippen LogP contribution is -2.67. The van der Waals surface area contributed by atoms with E-state index in [2.05, 4.69) is 11.1 Å². The van der Waals surface area contributed by atoms with Crippen molar-refractivity contribution < 1.29 is 23.8 Å². The molecule has 0 radical (unpaired) electrons. The van der Waals surface area contributed by atoms with Crippen LogP contribution in [0.5, 0.6) is 17.2 Å². The Hall–Kier alpha value is -4.46. The Kier molecular flexibility index (Phi) is 7.09. The van der Waals surface area contributed by atoms with Crippen molar-refractivity contribution in [3.05, 3.63) is 89.1 Å². The maximum Gasteiger partial charge on any atom is 0.254 e. The minimum absolute atomic E-state index is 0.00464.